The van der Waals surface area contributed by atoms with E-state index in [2.05, 4.69) is 25.7 Å². The molecule has 2 nitrogen and oxygen atoms in total. The first-order chi connectivity index (χ1) is 8.57. The van der Waals surface area contributed by atoms with Gasteiger partial charge in [0.1, 0.15) is 0 Å². The van der Waals surface area contributed by atoms with Gasteiger partial charge in [-0.05, 0) is 32.9 Å². The van der Waals surface area contributed by atoms with E-state index in [-0.39, 0.29) is 11.8 Å². The smallest absolute Gasteiger partial charge is 0.151 e. The molecule has 0 N–H and O–H groups in total. The van der Waals surface area contributed by atoms with Gasteiger partial charge in [0.25, 0.3) is 0 Å². The van der Waals surface area contributed by atoms with Crippen LogP contribution in [0.25, 0.3) is 0 Å². The molecule has 1 atom stereocenters. The fourth-order valence-corrected chi connectivity index (χ4v) is 2.14. The molecule has 0 aliphatic carbocycles. The van der Waals surface area contributed by atoms with Crippen molar-refractivity contribution in [1.82, 2.24) is 4.90 Å². The predicted octanol–water partition coefficient (Wildman–Crippen LogP) is 4.07. The molecule has 0 aromatic heterocycles. The van der Waals surface area contributed by atoms with Crippen molar-refractivity contribution in [3.63, 3.8) is 0 Å². The van der Waals surface area contributed by atoms with Gasteiger partial charge in [0.05, 0.1) is 6.04 Å². The molecule has 0 radical (unpaired) electrons. The third-order valence-corrected chi connectivity index (χ3v) is 2.86. The lowest BCUT2D eigenvalue weighted by molar-refractivity contribution is -0.123. The van der Waals surface area contributed by atoms with E-state index >= 15 is 0 Å². The summed E-state index contributed by atoms with van der Waals surface area (Å²) < 4.78 is 0. The molecule has 102 valence electrons. The monoisotopic (exact) mass is 249 g/mol. The first kappa shape index (κ1) is 16.9. The molecule has 1 unspecified atom stereocenters. The van der Waals surface area contributed by atoms with Crippen molar-refractivity contribution in [2.45, 2.75) is 53.6 Å². The van der Waals surface area contributed by atoms with E-state index < -0.39 is 0 Å². The molecule has 18 heavy (non-hydrogen) atoms. The predicted molar refractivity (Wildman–Crippen MR) is 78.7 cm³/mol. The van der Waals surface area contributed by atoms with Gasteiger partial charge in [0, 0.05) is 6.04 Å². The van der Waals surface area contributed by atoms with Crippen molar-refractivity contribution < 1.29 is 4.79 Å². The standard InChI is InChI=1S/C14H21NO.C2H6/c1-5-15(11(2)3)14(12(4)16)13-9-7-6-8-10-13;1-2/h6-11,14H,5H2,1-4H3;1-2H3. The maximum absolute atomic E-state index is 11.8. The van der Waals surface area contributed by atoms with Crippen LogP contribution in [0.2, 0.25) is 0 Å². The number of Topliss-reactive ketones (excluding diaryl/α,β-unsaturated/α-hetero) is 1. The van der Waals surface area contributed by atoms with Gasteiger partial charge in [-0.15, -0.1) is 0 Å². The van der Waals surface area contributed by atoms with E-state index in [1.54, 1.807) is 6.92 Å². The molecule has 1 aromatic carbocycles. The average molecular weight is 249 g/mol. The Bertz CT molecular complexity index is 332. The van der Waals surface area contributed by atoms with Crippen LogP contribution in [0.4, 0.5) is 0 Å². The fourth-order valence-electron chi connectivity index (χ4n) is 2.14. The zero-order chi connectivity index (χ0) is 14.1. The van der Waals surface area contributed by atoms with E-state index in [1.165, 1.54) is 0 Å². The second-order valence-electron chi connectivity index (χ2n) is 4.35. The highest BCUT2D eigenvalue weighted by Gasteiger charge is 2.25. The second kappa shape index (κ2) is 8.87. The third-order valence-electron chi connectivity index (χ3n) is 2.86. The zero-order valence-electron chi connectivity index (χ0n) is 12.6. The topological polar surface area (TPSA) is 20.3 Å². The summed E-state index contributed by atoms with van der Waals surface area (Å²) in [7, 11) is 0. The normalized spacial score (nSPS) is 12.0. The number of nitrogens with zero attached hydrogens (tertiary/aromatic N) is 1. The number of rotatable bonds is 5. The molecule has 0 amide bonds. The highest BCUT2D eigenvalue weighted by Crippen LogP contribution is 2.23. The second-order valence-corrected chi connectivity index (χ2v) is 4.35. The molecule has 0 bridgehead atoms. The average Bonchev–Trinajstić information content (AvgIpc) is 2.38. The SMILES string of the molecule is CC.CCN(C(C)C)C(C(C)=O)c1ccccc1. The number of carbonyl (C=O) groups is 1. The quantitative estimate of drug-likeness (QED) is 0.784. The van der Waals surface area contributed by atoms with E-state index in [9.17, 15) is 4.79 Å². The zero-order valence-corrected chi connectivity index (χ0v) is 12.6. The van der Waals surface area contributed by atoms with E-state index in [4.69, 9.17) is 0 Å². The lowest BCUT2D eigenvalue weighted by atomic mass is 10.0. The van der Waals surface area contributed by atoms with E-state index in [0.29, 0.717) is 6.04 Å². The first-order valence-corrected chi connectivity index (χ1v) is 6.89. The molecule has 0 aliphatic rings. The summed E-state index contributed by atoms with van der Waals surface area (Å²) in [6.07, 6.45) is 0. The van der Waals surface area contributed by atoms with Gasteiger partial charge in [-0.2, -0.15) is 0 Å². The van der Waals surface area contributed by atoms with Crippen LogP contribution in [-0.4, -0.2) is 23.3 Å². The molecule has 1 rings (SSSR count). The number of likely N-dealkylation sites (N-methyl/N-ethyl adjacent to an activating group) is 1. The molecule has 0 heterocycles. The molecule has 0 saturated carbocycles. The maximum atomic E-state index is 11.8. The lowest BCUT2D eigenvalue weighted by Crippen LogP contribution is -2.38. The lowest BCUT2D eigenvalue weighted by Gasteiger charge is -2.32. The molecule has 0 saturated heterocycles. The molecular formula is C16H27NO. The highest BCUT2D eigenvalue weighted by atomic mass is 16.1. The van der Waals surface area contributed by atoms with Crippen LogP contribution in [0, 0.1) is 0 Å². The Morgan fingerprint density at radius 2 is 1.67 bits per heavy atom. The van der Waals surface area contributed by atoms with Crippen molar-refractivity contribution in [3.05, 3.63) is 35.9 Å². The summed E-state index contributed by atoms with van der Waals surface area (Å²) in [6.45, 7) is 12.9. The summed E-state index contributed by atoms with van der Waals surface area (Å²) in [5, 5.41) is 0. The Balaban J connectivity index is 0.00000137. The summed E-state index contributed by atoms with van der Waals surface area (Å²) in [5.41, 5.74) is 1.09. The van der Waals surface area contributed by atoms with Crippen LogP contribution < -0.4 is 0 Å². The summed E-state index contributed by atoms with van der Waals surface area (Å²) in [6, 6.07) is 10.3. The Hall–Kier alpha value is -1.15. The van der Waals surface area contributed by atoms with Gasteiger partial charge in [-0.1, -0.05) is 51.1 Å². The van der Waals surface area contributed by atoms with Gasteiger partial charge in [0.15, 0.2) is 5.78 Å². The Labute approximate surface area is 112 Å². The Kier molecular flexibility index (Phi) is 8.30. The van der Waals surface area contributed by atoms with Crippen LogP contribution in [0.15, 0.2) is 30.3 Å². The van der Waals surface area contributed by atoms with Gasteiger partial charge >= 0.3 is 0 Å². The largest absolute Gasteiger partial charge is 0.298 e. The summed E-state index contributed by atoms with van der Waals surface area (Å²) in [5.74, 6) is 0.210. The number of hydrogen-bond donors (Lipinski definition) is 0. The Morgan fingerprint density at radius 3 is 2.00 bits per heavy atom. The van der Waals surface area contributed by atoms with Crippen LogP contribution in [0.1, 0.15) is 53.1 Å². The summed E-state index contributed by atoms with van der Waals surface area (Å²) >= 11 is 0. The van der Waals surface area contributed by atoms with Crippen LogP contribution >= 0.6 is 0 Å². The van der Waals surface area contributed by atoms with Crippen LogP contribution in [0.5, 0.6) is 0 Å². The van der Waals surface area contributed by atoms with Crippen molar-refractivity contribution in [1.29, 1.82) is 0 Å². The van der Waals surface area contributed by atoms with Gasteiger partial charge in [-0.3, -0.25) is 9.69 Å². The maximum Gasteiger partial charge on any atom is 0.151 e. The van der Waals surface area contributed by atoms with Gasteiger partial charge in [0.2, 0.25) is 0 Å². The first-order valence-electron chi connectivity index (χ1n) is 6.89. The number of ketones is 1. The van der Waals surface area contributed by atoms with Crippen LogP contribution in [0.3, 0.4) is 0 Å². The molecule has 0 spiro atoms. The third kappa shape index (κ3) is 4.61. The molecule has 0 aliphatic heterocycles. The van der Waals surface area contributed by atoms with E-state index in [0.717, 1.165) is 12.1 Å². The van der Waals surface area contributed by atoms with Crippen molar-refractivity contribution in [2.24, 2.45) is 0 Å². The molecule has 0 fully saturated rings. The van der Waals surface area contributed by atoms with Crippen molar-refractivity contribution >= 4 is 5.78 Å². The Morgan fingerprint density at radius 1 is 1.17 bits per heavy atom. The highest BCUT2D eigenvalue weighted by molar-refractivity contribution is 5.82. The fraction of sp³-hybridized carbons (Fsp3) is 0.562. The number of benzene rings is 1. The minimum atomic E-state index is -0.105. The minimum Gasteiger partial charge on any atom is -0.298 e. The van der Waals surface area contributed by atoms with Crippen LogP contribution in [-0.2, 0) is 4.79 Å². The number of carbonyl (C=O) groups excluding carboxylic acids is 1. The minimum absolute atomic E-state index is 0.105. The van der Waals surface area contributed by atoms with Crippen molar-refractivity contribution in [2.75, 3.05) is 6.54 Å². The summed E-state index contributed by atoms with van der Waals surface area (Å²) in [4.78, 5) is 14.0. The number of hydrogen-bond acceptors (Lipinski definition) is 2. The molecule has 2 heteroatoms. The molecular weight excluding hydrogens is 222 g/mol. The van der Waals surface area contributed by atoms with Gasteiger partial charge in [-0.25, -0.2) is 0 Å². The van der Waals surface area contributed by atoms with Crippen molar-refractivity contribution in [3.8, 4) is 0 Å². The molecule has 1 aromatic rings. The van der Waals surface area contributed by atoms with Gasteiger partial charge < -0.3 is 0 Å². The van der Waals surface area contributed by atoms with E-state index in [1.807, 2.05) is 44.2 Å².